The molecule has 140 valence electrons. The van der Waals surface area contributed by atoms with E-state index in [0.29, 0.717) is 41.6 Å². The molecule has 0 radical (unpaired) electrons. The number of methoxy groups -OCH3 is 1. The zero-order chi connectivity index (χ0) is 19.2. The molecule has 27 heavy (non-hydrogen) atoms. The summed E-state index contributed by atoms with van der Waals surface area (Å²) in [5.74, 6) is 0.270. The Hall–Kier alpha value is -2.70. The van der Waals surface area contributed by atoms with Crippen molar-refractivity contribution in [1.29, 1.82) is 0 Å². The van der Waals surface area contributed by atoms with E-state index in [2.05, 4.69) is 15.3 Å². The lowest BCUT2D eigenvalue weighted by molar-refractivity contribution is 0.381. The maximum Gasteiger partial charge on any atom is 0.318 e. The van der Waals surface area contributed by atoms with Crippen LogP contribution in [0.5, 0.6) is 6.01 Å². The molecule has 0 bridgehead atoms. The van der Waals surface area contributed by atoms with Crippen molar-refractivity contribution in [1.82, 2.24) is 9.97 Å². The minimum absolute atomic E-state index is 0.247. The molecule has 0 saturated heterocycles. The molecule has 3 aromatic rings. The molecule has 2 aromatic carbocycles. The van der Waals surface area contributed by atoms with Gasteiger partial charge in [-0.15, -0.1) is 0 Å². The van der Waals surface area contributed by atoms with Crippen molar-refractivity contribution in [3.8, 4) is 17.3 Å². The zero-order valence-corrected chi connectivity index (χ0v) is 15.6. The van der Waals surface area contributed by atoms with Gasteiger partial charge in [-0.1, -0.05) is 35.9 Å². The van der Waals surface area contributed by atoms with Gasteiger partial charge in [0.15, 0.2) is 0 Å². The predicted octanol–water partition coefficient (Wildman–Crippen LogP) is 4.06. The maximum absolute atomic E-state index is 13.9. The van der Waals surface area contributed by atoms with Crippen LogP contribution in [0, 0.1) is 5.82 Å². The number of benzene rings is 2. The molecule has 0 fully saturated rings. The van der Waals surface area contributed by atoms with Crippen LogP contribution in [-0.4, -0.2) is 23.6 Å². The molecule has 0 aliphatic heterocycles. The van der Waals surface area contributed by atoms with Crippen molar-refractivity contribution in [2.45, 2.75) is 13.0 Å². The summed E-state index contributed by atoms with van der Waals surface area (Å²) in [6.07, 6.45) is 0.426. The van der Waals surface area contributed by atoms with E-state index in [1.54, 1.807) is 12.1 Å². The number of hydrogen-bond acceptors (Lipinski definition) is 5. The van der Waals surface area contributed by atoms with E-state index in [0.717, 1.165) is 11.1 Å². The summed E-state index contributed by atoms with van der Waals surface area (Å²) in [5, 5.41) is 3.59. The Morgan fingerprint density at radius 2 is 1.96 bits per heavy atom. The third kappa shape index (κ3) is 4.72. The van der Waals surface area contributed by atoms with Gasteiger partial charge in [-0.25, -0.2) is 4.39 Å². The summed E-state index contributed by atoms with van der Waals surface area (Å²) < 4.78 is 19.1. The van der Waals surface area contributed by atoms with Gasteiger partial charge in [0, 0.05) is 35.3 Å². The van der Waals surface area contributed by atoms with Gasteiger partial charge in [0.05, 0.1) is 12.8 Å². The second kappa shape index (κ2) is 8.79. The van der Waals surface area contributed by atoms with Crippen LogP contribution in [-0.2, 0) is 13.0 Å². The first-order valence-corrected chi connectivity index (χ1v) is 8.87. The molecule has 0 unspecified atom stereocenters. The van der Waals surface area contributed by atoms with Crippen LogP contribution in [0.4, 0.5) is 10.2 Å². The van der Waals surface area contributed by atoms with Crippen molar-refractivity contribution in [3.63, 3.8) is 0 Å². The molecule has 7 heteroatoms. The zero-order valence-electron chi connectivity index (χ0n) is 14.9. The van der Waals surface area contributed by atoms with Crippen LogP contribution < -0.4 is 15.8 Å². The van der Waals surface area contributed by atoms with E-state index in [9.17, 15) is 4.39 Å². The Balaban J connectivity index is 1.79. The second-order valence-corrected chi connectivity index (χ2v) is 6.31. The van der Waals surface area contributed by atoms with Crippen LogP contribution in [0.25, 0.3) is 11.3 Å². The van der Waals surface area contributed by atoms with Gasteiger partial charge < -0.3 is 15.8 Å². The molecule has 0 saturated carbocycles. The third-order valence-corrected chi connectivity index (χ3v) is 4.44. The topological polar surface area (TPSA) is 73.1 Å². The number of ether oxygens (including phenoxy) is 1. The lowest BCUT2D eigenvalue weighted by atomic mass is 10.1. The molecule has 0 aliphatic carbocycles. The van der Waals surface area contributed by atoms with E-state index in [4.69, 9.17) is 22.1 Å². The van der Waals surface area contributed by atoms with Crippen LogP contribution in [0.15, 0.2) is 48.5 Å². The lowest BCUT2D eigenvalue weighted by Crippen LogP contribution is -2.09. The number of nitrogens with one attached hydrogen (secondary N) is 1. The number of nitrogens with zero attached hydrogens (tertiary/aromatic N) is 2. The van der Waals surface area contributed by atoms with Crippen molar-refractivity contribution in [2.24, 2.45) is 5.73 Å². The van der Waals surface area contributed by atoms with Crippen molar-refractivity contribution in [2.75, 3.05) is 19.0 Å². The van der Waals surface area contributed by atoms with Crippen molar-refractivity contribution >= 4 is 17.4 Å². The van der Waals surface area contributed by atoms with Crippen molar-refractivity contribution < 1.29 is 9.13 Å². The molecule has 5 nitrogen and oxygen atoms in total. The van der Waals surface area contributed by atoms with E-state index in [-0.39, 0.29) is 11.8 Å². The largest absolute Gasteiger partial charge is 0.467 e. The Morgan fingerprint density at radius 3 is 2.70 bits per heavy atom. The summed E-state index contributed by atoms with van der Waals surface area (Å²) in [6.45, 7) is 0.910. The molecule has 3 rings (SSSR count). The van der Waals surface area contributed by atoms with E-state index in [1.807, 2.05) is 30.3 Å². The first-order chi connectivity index (χ1) is 13.1. The molecule has 1 heterocycles. The molecular weight excluding hydrogens is 367 g/mol. The molecule has 1 aromatic heterocycles. The predicted molar refractivity (Wildman–Crippen MR) is 106 cm³/mol. The van der Waals surface area contributed by atoms with E-state index in [1.165, 1.54) is 13.2 Å². The summed E-state index contributed by atoms with van der Waals surface area (Å²) in [7, 11) is 1.51. The molecule has 3 N–H and O–H groups in total. The summed E-state index contributed by atoms with van der Waals surface area (Å²) in [5.41, 5.74) is 8.83. The number of anilines is 1. The minimum Gasteiger partial charge on any atom is -0.467 e. The average molecular weight is 387 g/mol. The summed E-state index contributed by atoms with van der Waals surface area (Å²) in [6, 6.07) is 14.5. The van der Waals surface area contributed by atoms with Gasteiger partial charge in [0.25, 0.3) is 0 Å². The Kier molecular flexibility index (Phi) is 6.21. The van der Waals surface area contributed by atoms with Gasteiger partial charge in [-0.05, 0) is 30.2 Å². The van der Waals surface area contributed by atoms with Crippen LogP contribution in [0.3, 0.4) is 0 Å². The number of rotatable bonds is 7. The smallest absolute Gasteiger partial charge is 0.318 e. The first-order valence-electron chi connectivity index (χ1n) is 8.50. The fourth-order valence-corrected chi connectivity index (χ4v) is 2.96. The SMILES string of the molecule is COc1nc(NCCc2c(F)cccc2Cl)cc(-c2cccc(CN)c2)n1. The van der Waals surface area contributed by atoms with Crippen LogP contribution in [0.1, 0.15) is 11.1 Å². The molecule has 0 amide bonds. The number of nitrogens with two attached hydrogens (primary N) is 1. The summed E-state index contributed by atoms with van der Waals surface area (Å²) >= 11 is 6.07. The molecule has 0 atom stereocenters. The standard InChI is InChI=1S/C20H20ClFN4O/c1-27-20-25-18(14-5-2-4-13(10-14)12-23)11-19(26-20)24-9-8-15-16(21)6-3-7-17(15)22/h2-7,10-11H,8-9,12,23H2,1H3,(H,24,25,26). The number of halogens is 2. The molecule has 0 aliphatic rings. The highest BCUT2D eigenvalue weighted by atomic mass is 35.5. The van der Waals surface area contributed by atoms with Gasteiger partial charge >= 0.3 is 6.01 Å². The van der Waals surface area contributed by atoms with Crippen molar-refractivity contribution in [3.05, 3.63) is 70.5 Å². The summed E-state index contributed by atoms with van der Waals surface area (Å²) in [4.78, 5) is 8.70. The number of aromatic nitrogens is 2. The van der Waals surface area contributed by atoms with Crippen LogP contribution in [0.2, 0.25) is 5.02 Å². The van der Waals surface area contributed by atoms with Gasteiger partial charge in [0.2, 0.25) is 0 Å². The van der Waals surface area contributed by atoms with Gasteiger partial charge in [-0.3, -0.25) is 0 Å². The van der Waals surface area contributed by atoms with E-state index >= 15 is 0 Å². The fourth-order valence-electron chi connectivity index (χ4n) is 2.70. The highest BCUT2D eigenvalue weighted by Crippen LogP contribution is 2.24. The first kappa shape index (κ1) is 19.1. The van der Waals surface area contributed by atoms with E-state index < -0.39 is 0 Å². The van der Waals surface area contributed by atoms with Gasteiger partial charge in [0.1, 0.15) is 11.6 Å². The molecular formula is C20H20ClFN4O. The normalized spacial score (nSPS) is 10.7. The number of hydrogen-bond donors (Lipinski definition) is 2. The molecule has 0 spiro atoms. The lowest BCUT2D eigenvalue weighted by Gasteiger charge is -2.11. The van der Waals surface area contributed by atoms with Gasteiger partial charge in [-0.2, -0.15) is 9.97 Å². The Labute approximate surface area is 162 Å². The maximum atomic E-state index is 13.9. The Bertz CT molecular complexity index is 915. The highest BCUT2D eigenvalue weighted by molar-refractivity contribution is 6.31. The quantitative estimate of drug-likeness (QED) is 0.640. The van der Waals surface area contributed by atoms with Crippen LogP contribution >= 0.6 is 11.6 Å². The monoisotopic (exact) mass is 386 g/mol. The fraction of sp³-hybridized carbons (Fsp3) is 0.200. The minimum atomic E-state index is -0.316. The Morgan fingerprint density at radius 1 is 1.15 bits per heavy atom. The highest BCUT2D eigenvalue weighted by Gasteiger charge is 2.10. The average Bonchev–Trinajstić information content (AvgIpc) is 2.70. The second-order valence-electron chi connectivity index (χ2n) is 5.91. The third-order valence-electron chi connectivity index (χ3n) is 4.09.